The first-order chi connectivity index (χ1) is 11.7. The Kier molecular flexibility index (Phi) is 4.41. The quantitative estimate of drug-likeness (QED) is 0.861. The second kappa shape index (κ2) is 6.69. The lowest BCUT2D eigenvalue weighted by atomic mass is 9.99. The van der Waals surface area contributed by atoms with Gasteiger partial charge in [0.15, 0.2) is 0 Å². The molecule has 2 unspecified atom stereocenters. The van der Waals surface area contributed by atoms with Crippen molar-refractivity contribution >= 4 is 11.7 Å². The van der Waals surface area contributed by atoms with Crippen LogP contribution in [0.15, 0.2) is 18.3 Å². The van der Waals surface area contributed by atoms with Crippen LogP contribution in [0.1, 0.15) is 36.0 Å². The van der Waals surface area contributed by atoms with E-state index < -0.39 is 0 Å². The largest absolute Gasteiger partial charge is 0.354 e. The zero-order chi connectivity index (χ0) is 16.5. The Morgan fingerprint density at radius 3 is 2.62 bits per heavy atom. The number of hydrogen-bond acceptors (Lipinski definition) is 5. The van der Waals surface area contributed by atoms with Gasteiger partial charge in [-0.1, -0.05) is 0 Å². The highest BCUT2D eigenvalue weighted by Gasteiger charge is 2.34. The normalized spacial score (nSPS) is 30.4. The van der Waals surface area contributed by atoms with E-state index in [-0.39, 0.29) is 5.91 Å². The van der Waals surface area contributed by atoms with Crippen molar-refractivity contribution in [2.75, 3.05) is 38.1 Å². The van der Waals surface area contributed by atoms with E-state index in [0.717, 1.165) is 50.4 Å². The summed E-state index contributed by atoms with van der Waals surface area (Å²) in [5.41, 5.74) is 0.727. The van der Waals surface area contributed by atoms with Crippen molar-refractivity contribution in [2.45, 2.75) is 43.8 Å². The standard InChI is InChI=1S/C18H27N5O/c1-22-6-8-23(9-7-22)17-10-13(4-5-19-17)18(24)21-16-11-14-2-3-15(12-16)20-14/h4-5,10,14-16,20H,2-3,6-9,11-12H2,1H3,(H,21,24). The summed E-state index contributed by atoms with van der Waals surface area (Å²) < 4.78 is 0. The van der Waals surface area contributed by atoms with Crippen LogP contribution in [-0.4, -0.2) is 67.1 Å². The zero-order valence-electron chi connectivity index (χ0n) is 14.4. The van der Waals surface area contributed by atoms with Crippen molar-refractivity contribution < 1.29 is 4.79 Å². The number of piperidine rings is 1. The number of carbonyl (C=O) groups excluding carboxylic acids is 1. The van der Waals surface area contributed by atoms with E-state index >= 15 is 0 Å². The molecule has 3 aliphatic rings. The van der Waals surface area contributed by atoms with Gasteiger partial charge in [-0.2, -0.15) is 0 Å². The number of piperazine rings is 1. The van der Waals surface area contributed by atoms with E-state index in [0.29, 0.717) is 18.1 Å². The van der Waals surface area contributed by atoms with Crippen LogP contribution < -0.4 is 15.5 Å². The minimum Gasteiger partial charge on any atom is -0.354 e. The Bertz CT molecular complexity index is 587. The van der Waals surface area contributed by atoms with Gasteiger partial charge < -0.3 is 20.4 Å². The third kappa shape index (κ3) is 3.39. The minimum absolute atomic E-state index is 0.0408. The maximum atomic E-state index is 12.6. The molecule has 24 heavy (non-hydrogen) atoms. The molecule has 1 aromatic heterocycles. The monoisotopic (exact) mass is 329 g/mol. The van der Waals surface area contributed by atoms with E-state index in [1.54, 1.807) is 6.20 Å². The second-order valence-corrected chi connectivity index (χ2v) is 7.47. The summed E-state index contributed by atoms with van der Waals surface area (Å²) in [5, 5.41) is 6.86. The van der Waals surface area contributed by atoms with Gasteiger partial charge in [-0.05, 0) is 44.9 Å². The van der Waals surface area contributed by atoms with Crippen molar-refractivity contribution in [3.05, 3.63) is 23.9 Å². The minimum atomic E-state index is 0.0408. The third-order valence-electron chi connectivity index (χ3n) is 5.64. The molecule has 0 saturated carbocycles. The summed E-state index contributed by atoms with van der Waals surface area (Å²) in [6.45, 7) is 4.00. The molecule has 1 amide bonds. The summed E-state index contributed by atoms with van der Waals surface area (Å²) in [4.78, 5) is 21.7. The average Bonchev–Trinajstić information content (AvgIpc) is 2.94. The number of pyridine rings is 1. The topological polar surface area (TPSA) is 60.5 Å². The molecule has 0 radical (unpaired) electrons. The third-order valence-corrected chi connectivity index (χ3v) is 5.64. The fourth-order valence-corrected chi connectivity index (χ4v) is 4.21. The van der Waals surface area contributed by atoms with Crippen LogP contribution >= 0.6 is 0 Å². The van der Waals surface area contributed by atoms with Crippen LogP contribution in [0, 0.1) is 0 Å². The van der Waals surface area contributed by atoms with E-state index in [1.807, 2.05) is 12.1 Å². The number of nitrogens with one attached hydrogen (secondary N) is 2. The number of likely N-dealkylation sites (N-methyl/N-ethyl adjacent to an activating group) is 1. The number of amides is 1. The smallest absolute Gasteiger partial charge is 0.251 e. The van der Waals surface area contributed by atoms with Crippen molar-refractivity contribution in [3.8, 4) is 0 Å². The number of hydrogen-bond donors (Lipinski definition) is 2. The predicted molar refractivity (Wildman–Crippen MR) is 94.4 cm³/mol. The summed E-state index contributed by atoms with van der Waals surface area (Å²) >= 11 is 0. The van der Waals surface area contributed by atoms with Gasteiger partial charge in [0, 0.05) is 56.1 Å². The Labute approximate surface area is 143 Å². The van der Waals surface area contributed by atoms with Gasteiger partial charge >= 0.3 is 0 Å². The second-order valence-electron chi connectivity index (χ2n) is 7.47. The molecule has 0 aromatic carbocycles. The molecule has 6 nitrogen and oxygen atoms in total. The van der Waals surface area contributed by atoms with Crippen LogP contribution in [0.4, 0.5) is 5.82 Å². The van der Waals surface area contributed by atoms with Crippen molar-refractivity contribution in [1.29, 1.82) is 0 Å². The molecule has 2 N–H and O–H groups in total. The molecule has 4 heterocycles. The lowest BCUT2D eigenvalue weighted by Gasteiger charge is -2.33. The zero-order valence-corrected chi connectivity index (χ0v) is 14.4. The number of nitrogens with zero attached hydrogens (tertiary/aromatic N) is 3. The summed E-state index contributed by atoms with van der Waals surface area (Å²) in [5.74, 6) is 0.959. The van der Waals surface area contributed by atoms with Crippen molar-refractivity contribution in [1.82, 2.24) is 20.5 Å². The molecule has 4 rings (SSSR count). The summed E-state index contributed by atoms with van der Waals surface area (Å²) in [7, 11) is 2.14. The van der Waals surface area contributed by atoms with Gasteiger partial charge in [0.25, 0.3) is 5.91 Å². The van der Waals surface area contributed by atoms with Crippen molar-refractivity contribution in [2.24, 2.45) is 0 Å². The molecule has 0 aliphatic carbocycles. The SMILES string of the molecule is CN1CCN(c2cc(C(=O)NC3CC4CCC(C3)N4)ccn2)CC1. The molecule has 1 aromatic rings. The first-order valence-corrected chi connectivity index (χ1v) is 9.14. The molecule has 3 saturated heterocycles. The Morgan fingerprint density at radius 1 is 1.21 bits per heavy atom. The molecular weight excluding hydrogens is 302 g/mol. The molecule has 3 aliphatic heterocycles. The van der Waals surface area contributed by atoms with Gasteiger partial charge in [0.05, 0.1) is 0 Å². The Hall–Kier alpha value is -1.66. The fraction of sp³-hybridized carbons (Fsp3) is 0.667. The van der Waals surface area contributed by atoms with Crippen LogP contribution in [0.25, 0.3) is 0 Å². The van der Waals surface area contributed by atoms with Crippen LogP contribution in [-0.2, 0) is 0 Å². The Balaban J connectivity index is 1.40. The van der Waals surface area contributed by atoms with Crippen LogP contribution in [0.5, 0.6) is 0 Å². The molecular formula is C18H27N5O. The van der Waals surface area contributed by atoms with Crippen LogP contribution in [0.2, 0.25) is 0 Å². The molecule has 130 valence electrons. The van der Waals surface area contributed by atoms with Crippen molar-refractivity contribution in [3.63, 3.8) is 0 Å². The van der Waals surface area contributed by atoms with Crippen LogP contribution in [0.3, 0.4) is 0 Å². The molecule has 2 atom stereocenters. The van der Waals surface area contributed by atoms with Gasteiger partial charge in [-0.3, -0.25) is 4.79 Å². The number of rotatable bonds is 3. The van der Waals surface area contributed by atoms with E-state index in [9.17, 15) is 4.79 Å². The Morgan fingerprint density at radius 2 is 1.92 bits per heavy atom. The maximum Gasteiger partial charge on any atom is 0.251 e. The number of fused-ring (bicyclic) bond motifs is 2. The number of aromatic nitrogens is 1. The highest BCUT2D eigenvalue weighted by Crippen LogP contribution is 2.27. The highest BCUT2D eigenvalue weighted by atomic mass is 16.1. The van der Waals surface area contributed by atoms with Gasteiger partial charge in [0.1, 0.15) is 5.82 Å². The lowest BCUT2D eigenvalue weighted by Crippen LogP contribution is -2.48. The van der Waals surface area contributed by atoms with E-state index in [1.165, 1.54) is 12.8 Å². The molecule has 6 heteroatoms. The predicted octanol–water partition coefficient (Wildman–Crippen LogP) is 0.846. The molecule has 0 spiro atoms. The number of carbonyl (C=O) groups is 1. The first-order valence-electron chi connectivity index (χ1n) is 9.14. The maximum absolute atomic E-state index is 12.6. The van der Waals surface area contributed by atoms with E-state index in [4.69, 9.17) is 0 Å². The molecule has 2 bridgehead atoms. The van der Waals surface area contributed by atoms with Gasteiger partial charge in [-0.15, -0.1) is 0 Å². The summed E-state index contributed by atoms with van der Waals surface area (Å²) in [6, 6.07) is 5.25. The van der Waals surface area contributed by atoms with E-state index in [2.05, 4.69) is 32.5 Å². The fourth-order valence-electron chi connectivity index (χ4n) is 4.21. The summed E-state index contributed by atoms with van der Waals surface area (Å²) in [6.07, 6.45) is 6.37. The molecule has 3 fully saturated rings. The lowest BCUT2D eigenvalue weighted by molar-refractivity contribution is 0.0924. The average molecular weight is 329 g/mol. The van der Waals surface area contributed by atoms with Gasteiger partial charge in [0.2, 0.25) is 0 Å². The highest BCUT2D eigenvalue weighted by molar-refractivity contribution is 5.95. The first kappa shape index (κ1) is 15.8. The van der Waals surface area contributed by atoms with Gasteiger partial charge in [-0.25, -0.2) is 4.98 Å². The number of anilines is 1.